The Hall–Kier alpha value is -5.80. The number of carbonyl (C=O) groups is 1. The van der Waals surface area contributed by atoms with Gasteiger partial charge in [-0.05, 0) is 71.3 Å². The van der Waals surface area contributed by atoms with Crippen LogP contribution in [0.15, 0.2) is 139 Å². The lowest BCUT2D eigenvalue weighted by molar-refractivity contribution is 0.104. The first-order valence-corrected chi connectivity index (χ1v) is 15.6. The number of ketones is 1. The van der Waals surface area contributed by atoms with Gasteiger partial charge in [0.15, 0.2) is 11.6 Å². The minimum absolute atomic E-state index is 0.000101. The van der Waals surface area contributed by atoms with Crippen LogP contribution in [0.5, 0.6) is 17.2 Å². The molecule has 0 unspecified atom stereocenters. The standard InChI is InChI=1S/C36H25N3O5S/c40-35-32-9-5-4-8-30(32)31-19-16-28(22-33(31)35)43-23-24-10-12-25(13-11-24)34-36(38-21-20-37-34)39-45(41,42)29-17-14-27(15-18-29)44-26-6-2-1-3-7-26/h1-22H,23H2,(H,38,39). The van der Waals surface area contributed by atoms with E-state index in [-0.39, 0.29) is 23.1 Å². The molecule has 45 heavy (non-hydrogen) atoms. The minimum Gasteiger partial charge on any atom is -0.489 e. The van der Waals surface area contributed by atoms with Crippen LogP contribution in [-0.4, -0.2) is 24.2 Å². The van der Waals surface area contributed by atoms with Gasteiger partial charge in [-0.25, -0.2) is 13.4 Å². The van der Waals surface area contributed by atoms with Crippen LogP contribution in [0, 0.1) is 0 Å². The summed E-state index contributed by atoms with van der Waals surface area (Å²) in [6.45, 7) is 0.282. The van der Waals surface area contributed by atoms with E-state index in [9.17, 15) is 13.2 Å². The van der Waals surface area contributed by atoms with Crippen LogP contribution in [0.1, 0.15) is 21.5 Å². The molecule has 0 radical (unpaired) electrons. The van der Waals surface area contributed by atoms with Gasteiger partial charge in [0.05, 0.1) is 4.90 Å². The molecule has 0 atom stereocenters. The first kappa shape index (κ1) is 28.0. The molecular formula is C36H25N3O5S. The number of hydrogen-bond donors (Lipinski definition) is 1. The number of aromatic nitrogens is 2. The summed E-state index contributed by atoms with van der Waals surface area (Å²) in [4.78, 5) is 21.6. The first-order valence-electron chi connectivity index (χ1n) is 14.1. The third-order valence-electron chi connectivity index (χ3n) is 7.37. The molecule has 0 amide bonds. The summed E-state index contributed by atoms with van der Waals surface area (Å²) in [6.07, 6.45) is 2.94. The normalized spacial score (nSPS) is 11.9. The van der Waals surface area contributed by atoms with E-state index in [1.807, 2.05) is 91.0 Å². The number of carbonyl (C=O) groups excluding carboxylic acids is 1. The Bertz CT molecular complexity index is 2130. The molecule has 0 saturated carbocycles. The first-order chi connectivity index (χ1) is 21.9. The summed E-state index contributed by atoms with van der Waals surface area (Å²) in [5.41, 5.74) is 5.15. The number of ether oxygens (including phenoxy) is 2. The highest BCUT2D eigenvalue weighted by Gasteiger charge is 2.26. The van der Waals surface area contributed by atoms with E-state index in [0.29, 0.717) is 39.6 Å². The summed E-state index contributed by atoms with van der Waals surface area (Å²) in [6, 6.07) is 36.0. The van der Waals surface area contributed by atoms with E-state index < -0.39 is 10.0 Å². The van der Waals surface area contributed by atoms with Gasteiger partial charge in [0.25, 0.3) is 10.0 Å². The number of anilines is 1. The van der Waals surface area contributed by atoms with Crippen LogP contribution in [-0.2, 0) is 16.6 Å². The minimum atomic E-state index is -3.96. The van der Waals surface area contributed by atoms with Gasteiger partial charge in [-0.15, -0.1) is 0 Å². The third kappa shape index (κ3) is 5.76. The Labute approximate surface area is 260 Å². The van der Waals surface area contributed by atoms with Gasteiger partial charge in [0, 0.05) is 29.1 Å². The number of rotatable bonds is 9. The largest absolute Gasteiger partial charge is 0.489 e. The van der Waals surface area contributed by atoms with Crippen LogP contribution in [0.4, 0.5) is 5.82 Å². The fourth-order valence-corrected chi connectivity index (χ4v) is 6.16. The van der Waals surface area contributed by atoms with E-state index >= 15 is 0 Å². The quantitative estimate of drug-likeness (QED) is 0.180. The summed E-state index contributed by atoms with van der Waals surface area (Å²) in [5.74, 6) is 1.87. The number of benzene rings is 5. The Morgan fingerprint density at radius 3 is 2.04 bits per heavy atom. The van der Waals surface area contributed by atoms with Crippen LogP contribution in [0.25, 0.3) is 22.4 Å². The molecule has 7 rings (SSSR count). The number of nitrogens with zero attached hydrogens (tertiary/aromatic N) is 2. The van der Waals surface area contributed by atoms with Crippen molar-refractivity contribution in [3.05, 3.63) is 150 Å². The van der Waals surface area contributed by atoms with E-state index in [1.165, 1.54) is 24.5 Å². The molecule has 1 aromatic heterocycles. The molecule has 1 heterocycles. The third-order valence-corrected chi connectivity index (χ3v) is 8.73. The maximum Gasteiger partial charge on any atom is 0.263 e. The summed E-state index contributed by atoms with van der Waals surface area (Å²) < 4.78 is 40.8. The van der Waals surface area contributed by atoms with E-state index in [0.717, 1.165) is 16.7 Å². The zero-order chi connectivity index (χ0) is 30.8. The number of nitrogens with one attached hydrogen (secondary N) is 1. The Kier molecular flexibility index (Phi) is 7.28. The lowest BCUT2D eigenvalue weighted by Crippen LogP contribution is -2.15. The van der Waals surface area contributed by atoms with Gasteiger partial charge in [-0.2, -0.15) is 0 Å². The monoisotopic (exact) mass is 611 g/mol. The van der Waals surface area contributed by atoms with Crippen molar-refractivity contribution in [1.29, 1.82) is 0 Å². The maximum absolute atomic E-state index is 13.2. The molecule has 1 aliphatic rings. The van der Waals surface area contributed by atoms with Gasteiger partial charge >= 0.3 is 0 Å². The smallest absolute Gasteiger partial charge is 0.263 e. The second kappa shape index (κ2) is 11.7. The van der Waals surface area contributed by atoms with Crippen molar-refractivity contribution in [2.24, 2.45) is 0 Å². The second-order valence-corrected chi connectivity index (χ2v) is 12.0. The van der Waals surface area contributed by atoms with E-state index in [1.54, 1.807) is 18.2 Å². The SMILES string of the molecule is O=C1c2ccccc2-c2ccc(OCc3ccc(-c4nccnc4NS(=O)(=O)c4ccc(Oc5ccccc5)cc4)cc3)cc21. The van der Waals surface area contributed by atoms with Crippen molar-refractivity contribution < 1.29 is 22.7 Å². The van der Waals surface area contributed by atoms with Gasteiger partial charge < -0.3 is 9.47 Å². The molecule has 5 aromatic carbocycles. The Morgan fingerprint density at radius 1 is 0.622 bits per heavy atom. The van der Waals surface area contributed by atoms with Gasteiger partial charge in [-0.1, -0.05) is 66.7 Å². The Morgan fingerprint density at radius 2 is 1.27 bits per heavy atom. The zero-order valence-corrected chi connectivity index (χ0v) is 24.6. The number of sulfonamides is 1. The fourth-order valence-electron chi connectivity index (χ4n) is 5.14. The molecule has 0 saturated heterocycles. The summed E-state index contributed by atoms with van der Waals surface area (Å²) >= 11 is 0. The molecule has 220 valence electrons. The van der Waals surface area contributed by atoms with Crippen molar-refractivity contribution >= 4 is 21.6 Å². The van der Waals surface area contributed by atoms with Crippen LogP contribution in [0.2, 0.25) is 0 Å². The molecule has 0 fully saturated rings. The molecular weight excluding hydrogens is 586 g/mol. The lowest BCUT2D eigenvalue weighted by Gasteiger charge is -2.12. The highest BCUT2D eigenvalue weighted by Crippen LogP contribution is 2.38. The van der Waals surface area contributed by atoms with Crippen molar-refractivity contribution in [3.8, 4) is 39.6 Å². The molecule has 8 nitrogen and oxygen atoms in total. The molecule has 0 aliphatic heterocycles. The lowest BCUT2D eigenvalue weighted by atomic mass is 10.1. The Balaban J connectivity index is 1.03. The molecule has 0 spiro atoms. The number of para-hydroxylation sites is 1. The summed E-state index contributed by atoms with van der Waals surface area (Å²) in [5, 5.41) is 0. The zero-order valence-electron chi connectivity index (χ0n) is 23.8. The maximum atomic E-state index is 13.2. The predicted octanol–water partition coefficient (Wildman–Crippen LogP) is 7.53. The van der Waals surface area contributed by atoms with Crippen LogP contribution >= 0.6 is 0 Å². The predicted molar refractivity (Wildman–Crippen MR) is 171 cm³/mol. The van der Waals surface area contributed by atoms with Crippen LogP contribution < -0.4 is 14.2 Å². The molecule has 1 N–H and O–H groups in total. The van der Waals surface area contributed by atoms with Crippen molar-refractivity contribution in [2.75, 3.05) is 4.72 Å². The average Bonchev–Trinajstić information content (AvgIpc) is 3.36. The van der Waals surface area contributed by atoms with Crippen LogP contribution in [0.3, 0.4) is 0 Å². The molecule has 0 bridgehead atoms. The summed E-state index contributed by atoms with van der Waals surface area (Å²) in [7, 11) is -3.96. The second-order valence-electron chi connectivity index (χ2n) is 10.3. The van der Waals surface area contributed by atoms with E-state index in [4.69, 9.17) is 9.47 Å². The highest BCUT2D eigenvalue weighted by atomic mass is 32.2. The van der Waals surface area contributed by atoms with Gasteiger partial charge in [0.1, 0.15) is 29.5 Å². The molecule has 6 aromatic rings. The van der Waals surface area contributed by atoms with Gasteiger partial charge in [-0.3, -0.25) is 14.5 Å². The van der Waals surface area contributed by atoms with Crippen molar-refractivity contribution in [3.63, 3.8) is 0 Å². The molecule has 1 aliphatic carbocycles. The highest BCUT2D eigenvalue weighted by molar-refractivity contribution is 7.92. The number of hydrogen-bond acceptors (Lipinski definition) is 7. The van der Waals surface area contributed by atoms with Crippen molar-refractivity contribution in [1.82, 2.24) is 9.97 Å². The molecule has 9 heteroatoms. The fraction of sp³-hybridized carbons (Fsp3) is 0.0278. The van der Waals surface area contributed by atoms with Crippen molar-refractivity contribution in [2.45, 2.75) is 11.5 Å². The number of fused-ring (bicyclic) bond motifs is 3. The average molecular weight is 612 g/mol. The van der Waals surface area contributed by atoms with E-state index in [2.05, 4.69) is 14.7 Å². The topological polar surface area (TPSA) is 107 Å². The van der Waals surface area contributed by atoms with Gasteiger partial charge in [0.2, 0.25) is 0 Å².